The van der Waals surface area contributed by atoms with Crippen molar-refractivity contribution in [3.05, 3.63) is 18.0 Å². The Hall–Kier alpha value is -1.37. The van der Waals surface area contributed by atoms with E-state index >= 15 is 0 Å². The van der Waals surface area contributed by atoms with Gasteiger partial charge in [0.15, 0.2) is 0 Å². The molecule has 1 aromatic heterocycles. The van der Waals surface area contributed by atoms with Crippen LogP contribution in [0.5, 0.6) is 0 Å². The van der Waals surface area contributed by atoms with E-state index in [2.05, 4.69) is 15.3 Å². The van der Waals surface area contributed by atoms with Gasteiger partial charge in [-0.15, -0.1) is 0 Å². The molecule has 7 heteroatoms. The van der Waals surface area contributed by atoms with Crippen LogP contribution in [0.25, 0.3) is 0 Å². The smallest absolute Gasteiger partial charge is 0.383 e. The number of methoxy groups -OCH3 is 1. The van der Waals surface area contributed by atoms with Crippen molar-refractivity contribution in [2.75, 3.05) is 19.0 Å². The molecule has 0 bridgehead atoms. The van der Waals surface area contributed by atoms with Gasteiger partial charge in [-0.2, -0.15) is 13.2 Å². The minimum Gasteiger partial charge on any atom is -0.383 e. The van der Waals surface area contributed by atoms with Gasteiger partial charge in [0.1, 0.15) is 5.69 Å². The van der Waals surface area contributed by atoms with Crippen LogP contribution >= 0.6 is 0 Å². The molecular weight excluding hydrogens is 223 g/mol. The third kappa shape index (κ3) is 3.65. The lowest BCUT2D eigenvalue weighted by atomic mass is 10.3. The summed E-state index contributed by atoms with van der Waals surface area (Å²) in [5.74, 6) is -0.0561. The van der Waals surface area contributed by atoms with Crippen LogP contribution in [0.4, 0.5) is 19.1 Å². The van der Waals surface area contributed by atoms with E-state index in [9.17, 15) is 13.2 Å². The summed E-state index contributed by atoms with van der Waals surface area (Å²) in [4.78, 5) is 7.06. The van der Waals surface area contributed by atoms with Gasteiger partial charge in [-0.1, -0.05) is 0 Å². The maximum absolute atomic E-state index is 12.3. The molecule has 0 aliphatic heterocycles. The summed E-state index contributed by atoms with van der Waals surface area (Å²) in [5.41, 5.74) is -0.963. The molecule has 16 heavy (non-hydrogen) atoms. The average molecular weight is 235 g/mol. The van der Waals surface area contributed by atoms with Crippen LogP contribution in [0.1, 0.15) is 12.6 Å². The van der Waals surface area contributed by atoms with Gasteiger partial charge in [-0.3, -0.25) is 0 Å². The van der Waals surface area contributed by atoms with E-state index in [1.54, 1.807) is 6.92 Å². The molecular formula is C9H12F3N3O. The Balaban J connectivity index is 2.75. The molecule has 0 unspecified atom stereocenters. The summed E-state index contributed by atoms with van der Waals surface area (Å²) in [6.45, 7) is 2.12. The third-order valence-electron chi connectivity index (χ3n) is 1.74. The second kappa shape index (κ2) is 5.11. The lowest BCUT2D eigenvalue weighted by Crippen LogP contribution is -2.23. The van der Waals surface area contributed by atoms with Gasteiger partial charge in [-0.05, 0) is 13.0 Å². The standard InChI is InChI=1S/C9H12F3N3O/c1-6(5-16-2)14-8-13-4-3-7(15-8)9(10,11)12/h3-4,6H,5H2,1-2H3,(H,13,14,15)/t6-/m1/s1. The molecule has 0 aromatic carbocycles. The first-order valence-corrected chi connectivity index (χ1v) is 4.59. The van der Waals surface area contributed by atoms with Gasteiger partial charge >= 0.3 is 6.18 Å². The Bertz CT molecular complexity index is 343. The lowest BCUT2D eigenvalue weighted by Gasteiger charge is -2.13. The van der Waals surface area contributed by atoms with E-state index in [-0.39, 0.29) is 12.0 Å². The molecule has 0 saturated carbocycles. The fourth-order valence-corrected chi connectivity index (χ4v) is 1.10. The zero-order valence-corrected chi connectivity index (χ0v) is 8.88. The summed E-state index contributed by atoms with van der Waals surface area (Å²) in [7, 11) is 1.51. The van der Waals surface area contributed by atoms with Crippen LogP contribution < -0.4 is 5.32 Å². The second-order valence-electron chi connectivity index (χ2n) is 3.26. The van der Waals surface area contributed by atoms with Crippen LogP contribution in [0.3, 0.4) is 0 Å². The maximum atomic E-state index is 12.3. The first-order valence-electron chi connectivity index (χ1n) is 4.59. The van der Waals surface area contributed by atoms with E-state index in [0.29, 0.717) is 6.61 Å². The number of ether oxygens (including phenoxy) is 1. The highest BCUT2D eigenvalue weighted by Gasteiger charge is 2.32. The Morgan fingerprint density at radius 2 is 2.19 bits per heavy atom. The number of hydrogen-bond acceptors (Lipinski definition) is 4. The molecule has 4 nitrogen and oxygen atoms in total. The number of nitrogens with zero attached hydrogens (tertiary/aromatic N) is 2. The number of hydrogen-bond donors (Lipinski definition) is 1. The molecule has 0 saturated heterocycles. The summed E-state index contributed by atoms with van der Waals surface area (Å²) in [6.07, 6.45) is -3.39. The monoisotopic (exact) mass is 235 g/mol. The largest absolute Gasteiger partial charge is 0.433 e. The molecule has 1 rings (SSSR count). The molecule has 90 valence electrons. The quantitative estimate of drug-likeness (QED) is 0.866. The summed E-state index contributed by atoms with van der Waals surface area (Å²) >= 11 is 0. The van der Waals surface area contributed by atoms with Gasteiger partial charge in [0.25, 0.3) is 0 Å². The van der Waals surface area contributed by atoms with Crippen molar-refractivity contribution in [2.45, 2.75) is 19.1 Å². The van der Waals surface area contributed by atoms with E-state index < -0.39 is 11.9 Å². The van der Waals surface area contributed by atoms with Gasteiger partial charge in [0.05, 0.1) is 6.61 Å². The highest BCUT2D eigenvalue weighted by atomic mass is 19.4. The summed E-state index contributed by atoms with van der Waals surface area (Å²) in [5, 5.41) is 2.71. The van der Waals surface area contributed by atoms with Crippen molar-refractivity contribution in [1.29, 1.82) is 0 Å². The zero-order valence-electron chi connectivity index (χ0n) is 8.88. The first kappa shape index (κ1) is 12.7. The van der Waals surface area contributed by atoms with E-state index in [1.165, 1.54) is 7.11 Å². The maximum Gasteiger partial charge on any atom is 0.433 e. The van der Waals surface area contributed by atoms with Gasteiger partial charge in [0.2, 0.25) is 5.95 Å². The Morgan fingerprint density at radius 1 is 1.50 bits per heavy atom. The normalized spacial score (nSPS) is 13.6. The van der Waals surface area contributed by atoms with Crippen LogP contribution in [-0.2, 0) is 10.9 Å². The molecule has 0 aliphatic rings. The van der Waals surface area contributed by atoms with Gasteiger partial charge in [-0.25, -0.2) is 9.97 Å². The average Bonchev–Trinajstić information content (AvgIpc) is 2.17. The molecule has 1 heterocycles. The van der Waals surface area contributed by atoms with E-state index in [0.717, 1.165) is 12.3 Å². The fraction of sp³-hybridized carbons (Fsp3) is 0.556. The van der Waals surface area contributed by atoms with Crippen LogP contribution in [0, 0.1) is 0 Å². The molecule has 0 spiro atoms. The lowest BCUT2D eigenvalue weighted by molar-refractivity contribution is -0.141. The summed E-state index contributed by atoms with van der Waals surface area (Å²) < 4.78 is 41.8. The van der Waals surface area contributed by atoms with Crippen molar-refractivity contribution in [3.63, 3.8) is 0 Å². The SMILES string of the molecule is COC[C@@H](C)Nc1nccc(C(F)(F)F)n1. The fourth-order valence-electron chi connectivity index (χ4n) is 1.10. The second-order valence-corrected chi connectivity index (χ2v) is 3.26. The number of aromatic nitrogens is 2. The molecule has 1 N–H and O–H groups in total. The zero-order chi connectivity index (χ0) is 12.2. The molecule has 1 atom stereocenters. The van der Waals surface area contributed by atoms with E-state index in [1.807, 2.05) is 0 Å². The van der Waals surface area contributed by atoms with Crippen LogP contribution in [0.15, 0.2) is 12.3 Å². The molecule has 1 aromatic rings. The minimum absolute atomic E-state index is 0.0561. The first-order chi connectivity index (χ1) is 7.43. The predicted molar refractivity (Wildman–Crippen MR) is 52.0 cm³/mol. The van der Waals surface area contributed by atoms with Crippen molar-refractivity contribution < 1.29 is 17.9 Å². The highest BCUT2D eigenvalue weighted by Crippen LogP contribution is 2.27. The van der Waals surface area contributed by atoms with Gasteiger partial charge < -0.3 is 10.1 Å². The molecule has 0 amide bonds. The van der Waals surface area contributed by atoms with Crippen molar-refractivity contribution in [2.24, 2.45) is 0 Å². The summed E-state index contributed by atoms with van der Waals surface area (Å²) in [6, 6.07) is 0.667. The van der Waals surface area contributed by atoms with Crippen LogP contribution in [0.2, 0.25) is 0 Å². The van der Waals surface area contributed by atoms with Crippen molar-refractivity contribution in [1.82, 2.24) is 9.97 Å². The topological polar surface area (TPSA) is 47.0 Å². The predicted octanol–water partition coefficient (Wildman–Crippen LogP) is 1.94. The van der Waals surface area contributed by atoms with Crippen LogP contribution in [-0.4, -0.2) is 29.7 Å². The van der Waals surface area contributed by atoms with Crippen molar-refractivity contribution >= 4 is 5.95 Å². The van der Waals surface area contributed by atoms with Crippen molar-refractivity contribution in [3.8, 4) is 0 Å². The Kier molecular flexibility index (Phi) is 4.05. The molecule has 0 fully saturated rings. The number of alkyl halides is 3. The Morgan fingerprint density at radius 3 is 2.75 bits per heavy atom. The molecule has 0 radical (unpaired) electrons. The highest BCUT2D eigenvalue weighted by molar-refractivity contribution is 5.27. The number of nitrogens with one attached hydrogen (secondary N) is 1. The van der Waals surface area contributed by atoms with Gasteiger partial charge in [0, 0.05) is 19.3 Å². The third-order valence-corrected chi connectivity index (χ3v) is 1.74. The number of halogens is 3. The minimum atomic E-state index is -4.45. The molecule has 0 aliphatic carbocycles. The Labute approximate surface area is 90.9 Å². The number of anilines is 1. The number of rotatable bonds is 4. The van der Waals surface area contributed by atoms with E-state index in [4.69, 9.17) is 4.74 Å².